The summed E-state index contributed by atoms with van der Waals surface area (Å²) in [7, 11) is 0. The van der Waals surface area contributed by atoms with Gasteiger partial charge in [-0.15, -0.1) is 0 Å². The molecular weight excluding hydrogens is 340 g/mol. The lowest BCUT2D eigenvalue weighted by Crippen LogP contribution is -2.14. The quantitative estimate of drug-likeness (QED) is 0.606. The van der Waals surface area contributed by atoms with Crippen LogP contribution in [0.1, 0.15) is 32.6 Å². The van der Waals surface area contributed by atoms with Crippen molar-refractivity contribution in [1.82, 2.24) is 9.38 Å². The lowest BCUT2D eigenvalue weighted by atomic mass is 10.0. The van der Waals surface area contributed by atoms with Crippen molar-refractivity contribution in [1.29, 1.82) is 0 Å². The third-order valence-electron chi connectivity index (χ3n) is 4.82. The maximum Gasteiger partial charge on any atom is 0.256 e. The Morgan fingerprint density at radius 2 is 2.19 bits per heavy atom. The topological polar surface area (TPSA) is 71.9 Å². The summed E-state index contributed by atoms with van der Waals surface area (Å²) in [6, 6.07) is 9.64. The average Bonchev–Trinajstić information content (AvgIpc) is 3.40. The number of aliphatic imine (C=N–C) groups is 1. The zero-order chi connectivity index (χ0) is 18.4. The van der Waals surface area contributed by atoms with Crippen LogP contribution in [0.4, 0.5) is 5.69 Å². The number of furan rings is 1. The molecule has 0 unspecified atom stereocenters. The average molecular weight is 356 g/mol. The normalized spacial score (nSPS) is 12.9. The Hall–Kier alpha value is -3.67. The van der Waals surface area contributed by atoms with Gasteiger partial charge < -0.3 is 14.1 Å². The number of hydrogen-bond acceptors (Lipinski definition) is 4. The van der Waals surface area contributed by atoms with Crippen molar-refractivity contribution < 1.29 is 9.21 Å². The lowest BCUT2D eigenvalue weighted by molar-refractivity contribution is 0.102. The number of nitrogens with one attached hydrogen (secondary N) is 1. The van der Waals surface area contributed by atoms with Gasteiger partial charge in [0.25, 0.3) is 5.91 Å². The molecule has 1 aliphatic rings. The van der Waals surface area contributed by atoms with E-state index in [1.54, 1.807) is 25.1 Å². The highest BCUT2D eigenvalue weighted by Gasteiger charge is 2.19. The van der Waals surface area contributed by atoms with E-state index in [1.165, 1.54) is 0 Å². The molecule has 5 rings (SSSR count). The van der Waals surface area contributed by atoms with Gasteiger partial charge in [-0.05, 0) is 42.3 Å². The van der Waals surface area contributed by atoms with E-state index in [4.69, 9.17) is 4.42 Å². The van der Waals surface area contributed by atoms with Crippen LogP contribution in [0.25, 0.3) is 5.52 Å². The van der Waals surface area contributed by atoms with Crippen LogP contribution in [0.5, 0.6) is 0 Å². The molecule has 3 aromatic heterocycles. The van der Waals surface area contributed by atoms with Crippen LogP contribution in [0.2, 0.25) is 0 Å². The number of benzene rings is 1. The zero-order valence-corrected chi connectivity index (χ0v) is 14.6. The van der Waals surface area contributed by atoms with Crippen molar-refractivity contribution in [2.24, 2.45) is 4.99 Å². The number of carbonyl (C=O) groups is 1. The van der Waals surface area contributed by atoms with E-state index < -0.39 is 0 Å². The maximum absolute atomic E-state index is 12.8. The minimum absolute atomic E-state index is 0.143. The lowest BCUT2D eigenvalue weighted by Gasteiger charge is -2.10. The second kappa shape index (κ2) is 5.95. The number of aromatic nitrogens is 2. The Bertz CT molecular complexity index is 1200. The Kier molecular flexibility index (Phi) is 3.43. The predicted molar refractivity (Wildman–Crippen MR) is 102 cm³/mol. The number of imidazole rings is 1. The van der Waals surface area contributed by atoms with Crippen LogP contribution in [0.15, 0.2) is 71.0 Å². The van der Waals surface area contributed by atoms with Gasteiger partial charge in [-0.2, -0.15) is 0 Å². The molecule has 1 aromatic carbocycles. The Morgan fingerprint density at radius 1 is 1.26 bits per heavy atom. The van der Waals surface area contributed by atoms with Gasteiger partial charge >= 0.3 is 0 Å². The molecule has 0 saturated heterocycles. The SMILES string of the molecule is Cc1cn2cncc2cc1C(=O)Nc1ccc2c(c1)C(c1ccoc1)=NC2. The second-order valence-corrected chi connectivity index (χ2v) is 6.60. The molecule has 27 heavy (non-hydrogen) atoms. The molecule has 4 aromatic rings. The number of amides is 1. The number of rotatable bonds is 3. The second-order valence-electron chi connectivity index (χ2n) is 6.60. The minimum Gasteiger partial charge on any atom is -0.472 e. The maximum atomic E-state index is 12.8. The standard InChI is InChI=1S/C21H16N4O2/c1-13-10-25-12-22-9-17(25)7-18(13)21(26)24-16-3-2-14-8-23-20(19(14)6-16)15-4-5-27-11-15/h2-7,9-12H,8H2,1H3,(H,24,26). The van der Waals surface area contributed by atoms with Gasteiger partial charge in [0, 0.05) is 28.6 Å². The fourth-order valence-electron chi connectivity index (χ4n) is 3.43. The van der Waals surface area contributed by atoms with E-state index in [9.17, 15) is 4.79 Å². The van der Waals surface area contributed by atoms with Gasteiger partial charge in [-0.1, -0.05) is 6.07 Å². The molecule has 0 spiro atoms. The van der Waals surface area contributed by atoms with Gasteiger partial charge in [-0.3, -0.25) is 9.79 Å². The molecule has 1 aliphatic heterocycles. The minimum atomic E-state index is -0.143. The summed E-state index contributed by atoms with van der Waals surface area (Å²) in [6.07, 6.45) is 8.68. The number of aryl methyl sites for hydroxylation is 1. The highest BCUT2D eigenvalue weighted by atomic mass is 16.3. The van der Waals surface area contributed by atoms with E-state index >= 15 is 0 Å². The molecule has 4 heterocycles. The van der Waals surface area contributed by atoms with Gasteiger partial charge in [-0.25, -0.2) is 4.98 Å². The van der Waals surface area contributed by atoms with E-state index in [0.29, 0.717) is 12.1 Å². The van der Waals surface area contributed by atoms with Crippen molar-refractivity contribution in [2.75, 3.05) is 5.32 Å². The van der Waals surface area contributed by atoms with E-state index in [0.717, 1.165) is 39.2 Å². The predicted octanol–water partition coefficient (Wildman–Crippen LogP) is 3.84. The van der Waals surface area contributed by atoms with Crippen molar-refractivity contribution in [2.45, 2.75) is 13.5 Å². The van der Waals surface area contributed by atoms with Crippen LogP contribution in [-0.2, 0) is 6.54 Å². The fraction of sp³-hybridized carbons (Fsp3) is 0.0952. The van der Waals surface area contributed by atoms with Crippen LogP contribution in [-0.4, -0.2) is 21.0 Å². The molecule has 6 nitrogen and oxygen atoms in total. The van der Waals surface area contributed by atoms with Crippen LogP contribution < -0.4 is 5.32 Å². The Labute approximate surface area is 155 Å². The first-order valence-electron chi connectivity index (χ1n) is 8.63. The molecule has 1 amide bonds. The summed E-state index contributed by atoms with van der Waals surface area (Å²) in [5.41, 5.74) is 7.15. The number of anilines is 1. The molecule has 0 bridgehead atoms. The summed E-state index contributed by atoms with van der Waals surface area (Å²) < 4.78 is 7.08. The summed E-state index contributed by atoms with van der Waals surface area (Å²) in [5.74, 6) is -0.143. The number of carbonyl (C=O) groups excluding carboxylic acids is 1. The summed E-state index contributed by atoms with van der Waals surface area (Å²) in [6.45, 7) is 2.56. The van der Waals surface area contributed by atoms with Crippen LogP contribution >= 0.6 is 0 Å². The monoisotopic (exact) mass is 356 g/mol. The summed E-state index contributed by atoms with van der Waals surface area (Å²) in [5, 5.41) is 3.00. The molecule has 1 N–H and O–H groups in total. The molecule has 0 fully saturated rings. The number of hydrogen-bond donors (Lipinski definition) is 1. The first-order chi connectivity index (χ1) is 13.2. The number of nitrogens with zero attached hydrogens (tertiary/aromatic N) is 3. The van der Waals surface area contributed by atoms with Gasteiger partial charge in [0.1, 0.15) is 0 Å². The summed E-state index contributed by atoms with van der Waals surface area (Å²) in [4.78, 5) is 21.5. The van der Waals surface area contributed by atoms with E-state index in [-0.39, 0.29) is 5.91 Å². The molecule has 0 radical (unpaired) electrons. The number of fused-ring (bicyclic) bond motifs is 2. The molecular formula is C21H16N4O2. The first kappa shape index (κ1) is 15.6. The van der Waals surface area contributed by atoms with Crippen molar-refractivity contribution >= 4 is 22.8 Å². The van der Waals surface area contributed by atoms with E-state index in [1.807, 2.05) is 47.9 Å². The molecule has 132 valence electrons. The van der Waals surface area contributed by atoms with Crippen molar-refractivity contribution in [3.63, 3.8) is 0 Å². The van der Waals surface area contributed by atoms with Crippen molar-refractivity contribution in [3.8, 4) is 0 Å². The van der Waals surface area contributed by atoms with Gasteiger partial charge in [0.2, 0.25) is 0 Å². The zero-order valence-electron chi connectivity index (χ0n) is 14.6. The molecule has 0 aliphatic carbocycles. The van der Waals surface area contributed by atoms with E-state index in [2.05, 4.69) is 15.3 Å². The Morgan fingerprint density at radius 3 is 3.04 bits per heavy atom. The molecule has 0 saturated carbocycles. The third-order valence-corrected chi connectivity index (χ3v) is 4.82. The summed E-state index contributed by atoms with van der Waals surface area (Å²) >= 11 is 0. The highest BCUT2D eigenvalue weighted by Crippen LogP contribution is 2.27. The molecule has 6 heteroatoms. The van der Waals surface area contributed by atoms with Gasteiger partial charge in [0.05, 0.1) is 42.8 Å². The van der Waals surface area contributed by atoms with Crippen LogP contribution in [0.3, 0.4) is 0 Å². The fourth-order valence-corrected chi connectivity index (χ4v) is 3.43. The van der Waals surface area contributed by atoms with Crippen molar-refractivity contribution in [3.05, 3.63) is 89.4 Å². The molecule has 0 atom stereocenters. The highest BCUT2D eigenvalue weighted by molar-refractivity contribution is 6.16. The number of pyridine rings is 1. The van der Waals surface area contributed by atoms with Gasteiger partial charge in [0.15, 0.2) is 0 Å². The Balaban J connectivity index is 1.46. The first-order valence-corrected chi connectivity index (χ1v) is 8.63. The smallest absolute Gasteiger partial charge is 0.256 e. The third kappa shape index (κ3) is 2.62. The largest absolute Gasteiger partial charge is 0.472 e. The van der Waals surface area contributed by atoms with Crippen LogP contribution in [0, 0.1) is 6.92 Å².